The fraction of sp³-hybridized carbons (Fsp3) is 0.269. The zero-order valence-electron chi connectivity index (χ0n) is 19.0. The summed E-state index contributed by atoms with van der Waals surface area (Å²) in [5.74, 6) is 2.17. The number of hydrogen-bond acceptors (Lipinski definition) is 7. The molecule has 0 spiro atoms. The monoisotopic (exact) mass is 475 g/mol. The molecule has 4 aromatic rings. The van der Waals surface area contributed by atoms with Crippen LogP contribution in [0.3, 0.4) is 0 Å². The van der Waals surface area contributed by atoms with Crippen LogP contribution in [0.2, 0.25) is 0 Å². The number of fused-ring (bicyclic) bond motifs is 1. The number of hydrogen-bond donors (Lipinski definition) is 1. The Kier molecular flexibility index (Phi) is 6.31. The molecule has 0 aliphatic carbocycles. The quantitative estimate of drug-likeness (QED) is 0.376. The zero-order valence-corrected chi connectivity index (χ0v) is 19.9. The standard InChI is InChI=1S/C26H25N3O4S/c1-16-21(17(2)33-29-16)12-13-27-25(30)24-15-28-26(34-24)31-20-9-11-23-19(14-20)8-10-22(32-23)18-6-4-3-5-7-18/h3-7,9,11,14-15,22H,8,10,12-13H2,1-2H3,(H,27,30). The average molecular weight is 476 g/mol. The summed E-state index contributed by atoms with van der Waals surface area (Å²) in [6.07, 6.45) is 4.09. The first kappa shape index (κ1) is 22.2. The Labute approximate surface area is 201 Å². The fourth-order valence-corrected chi connectivity index (χ4v) is 4.79. The Balaban J connectivity index is 1.17. The summed E-state index contributed by atoms with van der Waals surface area (Å²) in [6.45, 7) is 4.26. The van der Waals surface area contributed by atoms with E-state index < -0.39 is 0 Å². The Morgan fingerprint density at radius 2 is 2.06 bits per heavy atom. The summed E-state index contributed by atoms with van der Waals surface area (Å²) in [5.41, 5.74) is 4.18. The van der Waals surface area contributed by atoms with E-state index in [1.54, 1.807) is 0 Å². The van der Waals surface area contributed by atoms with Crippen molar-refractivity contribution in [3.8, 4) is 16.7 Å². The molecule has 1 N–H and O–H groups in total. The zero-order chi connectivity index (χ0) is 23.5. The van der Waals surface area contributed by atoms with Crippen molar-refractivity contribution < 1.29 is 18.8 Å². The molecule has 34 heavy (non-hydrogen) atoms. The molecule has 1 unspecified atom stereocenters. The topological polar surface area (TPSA) is 86.5 Å². The number of thiazole rings is 1. The van der Waals surface area contributed by atoms with Crippen LogP contribution < -0.4 is 14.8 Å². The number of carbonyl (C=O) groups excluding carboxylic acids is 1. The molecule has 2 aromatic carbocycles. The highest BCUT2D eigenvalue weighted by atomic mass is 32.1. The molecule has 2 aromatic heterocycles. The van der Waals surface area contributed by atoms with E-state index in [9.17, 15) is 4.79 Å². The number of nitrogens with zero attached hydrogens (tertiary/aromatic N) is 2. The Hall–Kier alpha value is -3.65. The second-order valence-corrected chi connectivity index (χ2v) is 9.22. The lowest BCUT2D eigenvalue weighted by molar-refractivity contribution is 0.0958. The van der Waals surface area contributed by atoms with Crippen LogP contribution in [0.4, 0.5) is 0 Å². The highest BCUT2D eigenvalue weighted by Gasteiger charge is 2.22. The van der Waals surface area contributed by atoms with Crippen LogP contribution in [-0.4, -0.2) is 22.6 Å². The van der Waals surface area contributed by atoms with E-state index in [0.717, 1.165) is 41.2 Å². The van der Waals surface area contributed by atoms with Gasteiger partial charge in [0.05, 0.1) is 11.9 Å². The summed E-state index contributed by atoms with van der Waals surface area (Å²) in [6, 6.07) is 16.1. The molecule has 0 bridgehead atoms. The molecule has 1 atom stereocenters. The van der Waals surface area contributed by atoms with Gasteiger partial charge in [-0.25, -0.2) is 4.98 Å². The first-order valence-corrected chi connectivity index (χ1v) is 12.1. The molecule has 0 saturated carbocycles. The molecule has 174 valence electrons. The van der Waals surface area contributed by atoms with Gasteiger partial charge in [0.2, 0.25) is 0 Å². The molecule has 0 fully saturated rings. The van der Waals surface area contributed by atoms with Crippen LogP contribution in [0, 0.1) is 13.8 Å². The van der Waals surface area contributed by atoms with E-state index in [2.05, 4.69) is 27.6 Å². The van der Waals surface area contributed by atoms with E-state index >= 15 is 0 Å². The molecule has 1 aliphatic rings. The van der Waals surface area contributed by atoms with Crippen LogP contribution >= 0.6 is 11.3 Å². The van der Waals surface area contributed by atoms with Gasteiger partial charge in [0.25, 0.3) is 11.1 Å². The highest BCUT2D eigenvalue weighted by Crippen LogP contribution is 2.38. The molecule has 7 nitrogen and oxygen atoms in total. The lowest BCUT2D eigenvalue weighted by atomic mass is 9.97. The van der Waals surface area contributed by atoms with Gasteiger partial charge < -0.3 is 19.3 Å². The van der Waals surface area contributed by atoms with Gasteiger partial charge in [-0.15, -0.1) is 0 Å². The first-order chi connectivity index (χ1) is 16.6. The van der Waals surface area contributed by atoms with Crippen molar-refractivity contribution in [3.05, 3.63) is 87.7 Å². The molecule has 8 heteroatoms. The van der Waals surface area contributed by atoms with Crippen LogP contribution in [0.1, 0.15) is 50.3 Å². The fourth-order valence-electron chi connectivity index (χ4n) is 4.09. The molecule has 0 saturated heterocycles. The minimum Gasteiger partial charge on any atom is -0.485 e. The number of nitrogens with one attached hydrogen (secondary N) is 1. The lowest BCUT2D eigenvalue weighted by Gasteiger charge is -2.26. The molecule has 5 rings (SSSR count). The second kappa shape index (κ2) is 9.69. The normalized spacial score (nSPS) is 14.8. The number of amides is 1. The van der Waals surface area contributed by atoms with Crippen molar-refractivity contribution in [1.29, 1.82) is 0 Å². The number of rotatable bonds is 7. The third kappa shape index (κ3) is 4.82. The van der Waals surface area contributed by atoms with E-state index in [1.165, 1.54) is 23.1 Å². The first-order valence-electron chi connectivity index (χ1n) is 11.2. The predicted octanol–water partition coefficient (Wildman–Crippen LogP) is 5.58. The largest absolute Gasteiger partial charge is 0.485 e. The van der Waals surface area contributed by atoms with Crippen molar-refractivity contribution >= 4 is 17.2 Å². The Morgan fingerprint density at radius 3 is 2.85 bits per heavy atom. The Bertz CT molecular complexity index is 1280. The van der Waals surface area contributed by atoms with Gasteiger partial charge in [0.15, 0.2) is 0 Å². The second-order valence-electron chi connectivity index (χ2n) is 8.23. The van der Waals surface area contributed by atoms with Crippen LogP contribution in [0.25, 0.3) is 0 Å². The molecular formula is C26H25N3O4S. The third-order valence-corrected chi connectivity index (χ3v) is 6.78. The molecular weight excluding hydrogens is 450 g/mol. The molecule has 1 aliphatic heterocycles. The van der Waals surface area contributed by atoms with E-state index in [1.807, 2.05) is 50.2 Å². The molecule has 0 radical (unpaired) electrons. The number of aryl methyl sites for hydroxylation is 3. The van der Waals surface area contributed by atoms with Gasteiger partial charge in [-0.1, -0.05) is 46.8 Å². The molecule has 1 amide bonds. The maximum atomic E-state index is 12.5. The van der Waals surface area contributed by atoms with Crippen molar-refractivity contribution in [2.45, 2.75) is 39.2 Å². The highest BCUT2D eigenvalue weighted by molar-refractivity contribution is 7.15. The average Bonchev–Trinajstić information content (AvgIpc) is 3.46. The van der Waals surface area contributed by atoms with Gasteiger partial charge in [0.1, 0.15) is 28.2 Å². The lowest BCUT2D eigenvalue weighted by Crippen LogP contribution is -2.25. The minimum absolute atomic E-state index is 0.0677. The maximum absolute atomic E-state index is 12.5. The summed E-state index contributed by atoms with van der Waals surface area (Å²) in [7, 11) is 0. The summed E-state index contributed by atoms with van der Waals surface area (Å²) < 4.78 is 17.3. The minimum atomic E-state index is -0.176. The van der Waals surface area contributed by atoms with Crippen molar-refractivity contribution in [3.63, 3.8) is 0 Å². The predicted molar refractivity (Wildman–Crippen MR) is 129 cm³/mol. The van der Waals surface area contributed by atoms with Gasteiger partial charge >= 0.3 is 0 Å². The van der Waals surface area contributed by atoms with Crippen molar-refractivity contribution in [1.82, 2.24) is 15.5 Å². The number of ether oxygens (including phenoxy) is 2. The van der Waals surface area contributed by atoms with Crippen LogP contribution in [0.5, 0.6) is 16.7 Å². The van der Waals surface area contributed by atoms with Crippen molar-refractivity contribution in [2.75, 3.05) is 6.54 Å². The van der Waals surface area contributed by atoms with E-state index in [4.69, 9.17) is 14.0 Å². The third-order valence-electron chi connectivity index (χ3n) is 5.90. The van der Waals surface area contributed by atoms with Gasteiger partial charge in [-0.05, 0) is 62.4 Å². The van der Waals surface area contributed by atoms with Gasteiger partial charge in [-0.3, -0.25) is 4.79 Å². The van der Waals surface area contributed by atoms with Gasteiger partial charge in [0, 0.05) is 12.1 Å². The summed E-state index contributed by atoms with van der Waals surface area (Å²) in [4.78, 5) is 17.3. The van der Waals surface area contributed by atoms with E-state index in [0.29, 0.717) is 28.8 Å². The summed E-state index contributed by atoms with van der Waals surface area (Å²) >= 11 is 1.22. The number of benzene rings is 2. The van der Waals surface area contributed by atoms with E-state index in [-0.39, 0.29) is 12.0 Å². The smallest absolute Gasteiger partial charge is 0.279 e. The SMILES string of the molecule is Cc1noc(C)c1CCNC(=O)c1cnc(Oc2ccc3c(c2)CCC(c2ccccc2)O3)s1. The molecule has 3 heterocycles. The Morgan fingerprint density at radius 1 is 1.21 bits per heavy atom. The summed E-state index contributed by atoms with van der Waals surface area (Å²) in [5, 5.41) is 7.28. The van der Waals surface area contributed by atoms with Crippen LogP contribution in [-0.2, 0) is 12.8 Å². The maximum Gasteiger partial charge on any atom is 0.279 e. The van der Waals surface area contributed by atoms with Crippen LogP contribution in [0.15, 0.2) is 59.3 Å². The number of aromatic nitrogens is 2. The van der Waals surface area contributed by atoms with Gasteiger partial charge in [-0.2, -0.15) is 0 Å². The van der Waals surface area contributed by atoms with Crippen molar-refractivity contribution in [2.24, 2.45) is 0 Å². The number of carbonyl (C=O) groups is 1.